The van der Waals surface area contributed by atoms with E-state index in [1.54, 1.807) is 0 Å². The topological polar surface area (TPSA) is 269 Å². The standard InChI is InChI=1S/C25H34N6O11/c26-10-3-1-2-4-16-24(38)30-18(23(37)27-13-21(34)35)9-11-42-19-7-5-14(31(40)41)12-15(19)22(36)28-17(25(39)29-16)6-8-20(32)33/h5,7,12,16-18H,1-4,6,8-11,13,26H2,(H,27,37)(H,28,36)(H,29,39)(H,30,38)(H,32,33)(H,34,35)/t16-,17-,18-/m0/s1. The molecule has 0 radical (unpaired) electrons. The first-order valence-corrected chi connectivity index (χ1v) is 13.2. The number of nitrogens with two attached hydrogens (primary N) is 1. The van der Waals surface area contributed by atoms with E-state index in [0.29, 0.717) is 25.8 Å². The average molecular weight is 595 g/mol. The summed E-state index contributed by atoms with van der Waals surface area (Å²) in [4.78, 5) is 85.2. The van der Waals surface area contributed by atoms with Gasteiger partial charge in [-0.3, -0.25) is 38.9 Å². The third kappa shape index (κ3) is 10.6. The molecule has 0 unspecified atom stereocenters. The Labute approximate surface area is 239 Å². The van der Waals surface area contributed by atoms with Crippen molar-refractivity contribution in [3.8, 4) is 5.75 Å². The molecule has 1 aliphatic heterocycles. The summed E-state index contributed by atoms with van der Waals surface area (Å²) in [6, 6.07) is -0.869. The molecule has 1 aliphatic rings. The molecule has 0 spiro atoms. The number of benzene rings is 1. The third-order valence-corrected chi connectivity index (χ3v) is 6.23. The number of unbranched alkanes of at least 4 members (excludes halogenated alkanes) is 2. The van der Waals surface area contributed by atoms with E-state index < -0.39 is 77.3 Å². The van der Waals surface area contributed by atoms with Crippen molar-refractivity contribution in [3.63, 3.8) is 0 Å². The number of carboxylic acid groups (broad SMARTS) is 2. The number of nitro benzene ring substituents is 1. The highest BCUT2D eigenvalue weighted by Gasteiger charge is 2.31. The van der Waals surface area contributed by atoms with Crippen LogP contribution in [0.3, 0.4) is 0 Å². The lowest BCUT2D eigenvalue weighted by atomic mass is 10.0. The molecule has 42 heavy (non-hydrogen) atoms. The Morgan fingerprint density at radius 1 is 1.00 bits per heavy atom. The maximum Gasteiger partial charge on any atom is 0.322 e. The highest BCUT2D eigenvalue weighted by atomic mass is 16.6. The molecule has 0 aromatic heterocycles. The number of aliphatic carboxylic acids is 2. The van der Waals surface area contributed by atoms with E-state index in [-0.39, 0.29) is 37.2 Å². The summed E-state index contributed by atoms with van der Waals surface area (Å²) in [5.74, 6) is -6.25. The summed E-state index contributed by atoms with van der Waals surface area (Å²) in [5.41, 5.74) is 4.73. The summed E-state index contributed by atoms with van der Waals surface area (Å²) >= 11 is 0. The summed E-state index contributed by atoms with van der Waals surface area (Å²) in [7, 11) is 0. The lowest BCUT2D eigenvalue weighted by Gasteiger charge is -2.26. The maximum absolute atomic E-state index is 13.3. The van der Waals surface area contributed by atoms with Crippen molar-refractivity contribution in [1.82, 2.24) is 21.3 Å². The normalized spacial score (nSPS) is 19.5. The number of amides is 4. The van der Waals surface area contributed by atoms with Crippen LogP contribution in [0.5, 0.6) is 5.75 Å². The Hall–Kier alpha value is -4.80. The first-order valence-electron chi connectivity index (χ1n) is 13.2. The Morgan fingerprint density at radius 3 is 2.33 bits per heavy atom. The molecule has 1 aromatic rings. The minimum atomic E-state index is -1.46. The van der Waals surface area contributed by atoms with E-state index in [4.69, 9.17) is 20.7 Å². The van der Waals surface area contributed by atoms with Gasteiger partial charge >= 0.3 is 11.9 Å². The fourth-order valence-corrected chi connectivity index (χ4v) is 4.03. The number of non-ortho nitro benzene ring substituents is 1. The van der Waals surface area contributed by atoms with Crippen molar-refractivity contribution in [1.29, 1.82) is 0 Å². The molecule has 1 aromatic carbocycles. The van der Waals surface area contributed by atoms with Crippen LogP contribution in [0.1, 0.15) is 55.3 Å². The predicted molar refractivity (Wildman–Crippen MR) is 143 cm³/mol. The Kier molecular flexibility index (Phi) is 13.1. The van der Waals surface area contributed by atoms with Gasteiger partial charge in [0.15, 0.2) is 0 Å². The lowest BCUT2D eigenvalue weighted by Crippen LogP contribution is -2.57. The molecule has 0 saturated carbocycles. The van der Waals surface area contributed by atoms with E-state index >= 15 is 0 Å². The van der Waals surface area contributed by atoms with Gasteiger partial charge in [-0.05, 0) is 31.9 Å². The predicted octanol–water partition coefficient (Wildman–Crippen LogP) is -0.970. The summed E-state index contributed by atoms with van der Waals surface area (Å²) in [6.45, 7) is -0.624. The quantitative estimate of drug-likeness (QED) is 0.0875. The zero-order valence-corrected chi connectivity index (χ0v) is 22.6. The number of carbonyl (C=O) groups is 6. The van der Waals surface area contributed by atoms with Gasteiger partial charge in [-0.1, -0.05) is 12.8 Å². The Balaban J connectivity index is 2.50. The largest absolute Gasteiger partial charge is 0.493 e. The van der Waals surface area contributed by atoms with E-state index in [1.807, 2.05) is 0 Å². The molecule has 8 N–H and O–H groups in total. The van der Waals surface area contributed by atoms with Gasteiger partial charge in [0.2, 0.25) is 17.7 Å². The number of nitro groups is 1. The summed E-state index contributed by atoms with van der Waals surface area (Å²) in [5, 5.41) is 39.0. The monoisotopic (exact) mass is 594 g/mol. The fourth-order valence-electron chi connectivity index (χ4n) is 4.03. The summed E-state index contributed by atoms with van der Waals surface area (Å²) in [6.07, 6.45) is 0.688. The second kappa shape index (κ2) is 16.5. The smallest absolute Gasteiger partial charge is 0.322 e. The van der Waals surface area contributed by atoms with Gasteiger partial charge in [-0.15, -0.1) is 0 Å². The average Bonchev–Trinajstić information content (AvgIpc) is 2.93. The number of fused-ring (bicyclic) bond motifs is 1. The summed E-state index contributed by atoms with van der Waals surface area (Å²) < 4.78 is 5.62. The SMILES string of the molecule is NCCCCC[C@@H]1NC(=O)[C@H](CCC(=O)O)NC(=O)c2cc([N+](=O)[O-])ccc2OCC[C@@H](C(=O)NCC(=O)O)NC1=O. The van der Waals surface area contributed by atoms with E-state index in [9.17, 15) is 38.9 Å². The Bertz CT molecular complexity index is 1190. The van der Waals surface area contributed by atoms with E-state index in [2.05, 4.69) is 21.3 Å². The zero-order chi connectivity index (χ0) is 31.2. The first kappa shape index (κ1) is 33.4. The van der Waals surface area contributed by atoms with Gasteiger partial charge in [0.1, 0.15) is 30.4 Å². The van der Waals surface area contributed by atoms with Crippen LogP contribution in [0.15, 0.2) is 18.2 Å². The molecular formula is C25H34N6O11. The van der Waals surface area contributed by atoms with Crippen LogP contribution >= 0.6 is 0 Å². The number of hydrogen-bond donors (Lipinski definition) is 7. The molecule has 0 bridgehead atoms. The second-order valence-electron chi connectivity index (χ2n) is 9.41. The highest BCUT2D eigenvalue weighted by Crippen LogP contribution is 2.25. The highest BCUT2D eigenvalue weighted by molar-refractivity contribution is 6.01. The van der Waals surface area contributed by atoms with Gasteiger partial charge in [0, 0.05) is 25.0 Å². The van der Waals surface area contributed by atoms with Gasteiger partial charge in [0.25, 0.3) is 11.6 Å². The van der Waals surface area contributed by atoms with Gasteiger partial charge in [-0.25, -0.2) is 0 Å². The van der Waals surface area contributed by atoms with Crippen LogP contribution in [-0.2, 0) is 24.0 Å². The molecule has 0 aliphatic carbocycles. The molecule has 0 saturated heterocycles. The number of ether oxygens (including phenoxy) is 1. The maximum atomic E-state index is 13.3. The molecule has 1 heterocycles. The van der Waals surface area contributed by atoms with Crippen molar-refractivity contribution in [3.05, 3.63) is 33.9 Å². The number of hydrogen-bond acceptors (Lipinski definition) is 10. The van der Waals surface area contributed by atoms with Crippen LogP contribution in [0.2, 0.25) is 0 Å². The minimum Gasteiger partial charge on any atom is -0.493 e. The van der Waals surface area contributed by atoms with Crippen LogP contribution in [-0.4, -0.2) is 88.5 Å². The van der Waals surface area contributed by atoms with Crippen molar-refractivity contribution in [2.45, 2.75) is 63.1 Å². The van der Waals surface area contributed by atoms with E-state index in [0.717, 1.165) is 18.2 Å². The van der Waals surface area contributed by atoms with Crippen LogP contribution in [0, 0.1) is 10.1 Å². The van der Waals surface area contributed by atoms with Gasteiger partial charge in [0.05, 0.1) is 17.1 Å². The molecule has 230 valence electrons. The third-order valence-electron chi connectivity index (χ3n) is 6.23. The molecule has 17 nitrogen and oxygen atoms in total. The lowest BCUT2D eigenvalue weighted by molar-refractivity contribution is -0.384. The molecule has 3 atom stereocenters. The molecular weight excluding hydrogens is 560 g/mol. The molecule has 0 fully saturated rings. The number of carbonyl (C=O) groups excluding carboxylic acids is 4. The number of carboxylic acids is 2. The van der Waals surface area contributed by atoms with Gasteiger partial charge < -0.3 is 42.0 Å². The van der Waals surface area contributed by atoms with Crippen LogP contribution in [0.4, 0.5) is 5.69 Å². The van der Waals surface area contributed by atoms with Crippen LogP contribution < -0.4 is 31.7 Å². The number of nitrogens with zero attached hydrogens (tertiary/aromatic N) is 1. The van der Waals surface area contributed by atoms with Crippen molar-refractivity contribution < 1.29 is 48.6 Å². The number of rotatable bonds is 12. The second-order valence-corrected chi connectivity index (χ2v) is 9.41. The number of nitrogens with one attached hydrogen (secondary N) is 4. The minimum absolute atomic E-state index is 0.103. The zero-order valence-electron chi connectivity index (χ0n) is 22.6. The van der Waals surface area contributed by atoms with Crippen molar-refractivity contribution in [2.24, 2.45) is 5.73 Å². The van der Waals surface area contributed by atoms with Crippen molar-refractivity contribution >= 4 is 41.3 Å². The van der Waals surface area contributed by atoms with Gasteiger partial charge in [-0.2, -0.15) is 0 Å². The van der Waals surface area contributed by atoms with Crippen LogP contribution in [0.25, 0.3) is 0 Å². The fraction of sp³-hybridized carbons (Fsp3) is 0.520. The van der Waals surface area contributed by atoms with Crippen molar-refractivity contribution in [2.75, 3.05) is 19.7 Å². The molecule has 17 heteroatoms. The molecule has 4 amide bonds. The Morgan fingerprint density at radius 2 is 1.69 bits per heavy atom. The molecule has 2 rings (SSSR count). The first-order chi connectivity index (χ1) is 19.9. The van der Waals surface area contributed by atoms with E-state index in [1.165, 1.54) is 0 Å².